The molecule has 1 fully saturated rings. The molecule has 1 heterocycles. The van der Waals surface area contributed by atoms with Gasteiger partial charge in [0.05, 0.1) is 31.7 Å². The predicted molar refractivity (Wildman–Crippen MR) is 121 cm³/mol. The summed E-state index contributed by atoms with van der Waals surface area (Å²) < 4.78 is 4.60. The number of imide groups is 3. The summed E-state index contributed by atoms with van der Waals surface area (Å²) in [6, 6.07) is 6.81. The minimum Gasteiger partial charge on any atom is -0.508 e. The second kappa shape index (κ2) is 10.3. The number of likely N-dealkylation sites (tertiary alicyclic amines) is 1. The number of aliphatic hydroxyl groups is 2. The number of hydrogen-bond donors (Lipinski definition) is 3. The number of rotatable bonds is 7. The molecule has 1 aliphatic carbocycles. The molecule has 1 saturated heterocycles. The number of ether oxygens (including phenoxy) is 1. The Morgan fingerprint density at radius 1 is 1.24 bits per heavy atom. The van der Waals surface area contributed by atoms with Crippen LogP contribution in [0.15, 0.2) is 41.0 Å². The van der Waals surface area contributed by atoms with Gasteiger partial charge in [0.15, 0.2) is 0 Å². The van der Waals surface area contributed by atoms with Crippen LogP contribution in [0.2, 0.25) is 0 Å². The van der Waals surface area contributed by atoms with E-state index in [2.05, 4.69) is 4.74 Å². The van der Waals surface area contributed by atoms with Gasteiger partial charge >= 0.3 is 6.09 Å². The number of carbonyl (C=O) groups excluding carboxylic acids is 3. The maximum atomic E-state index is 12.9. The molecule has 3 rings (SSSR count). The molecular weight excluding hydrogens is 426 g/mol. The largest absolute Gasteiger partial charge is 0.508 e. The van der Waals surface area contributed by atoms with Gasteiger partial charge in [0.1, 0.15) is 5.75 Å². The fourth-order valence-corrected chi connectivity index (χ4v) is 5.02. The smallest absolute Gasteiger partial charge is 0.423 e. The highest BCUT2D eigenvalue weighted by atomic mass is 16.5. The molecule has 1 aromatic rings. The Morgan fingerprint density at radius 3 is 2.48 bits per heavy atom. The van der Waals surface area contributed by atoms with Crippen LogP contribution in [-0.2, 0) is 14.3 Å². The fraction of sp³-hybridized carbons (Fsp3) is 0.480. The third kappa shape index (κ3) is 4.86. The summed E-state index contributed by atoms with van der Waals surface area (Å²) in [5.41, 5.74) is 3.40. The van der Waals surface area contributed by atoms with Crippen LogP contribution in [0.25, 0.3) is 6.08 Å². The Hall–Kier alpha value is -2.97. The maximum absolute atomic E-state index is 12.9. The van der Waals surface area contributed by atoms with Crippen LogP contribution in [0.5, 0.6) is 5.75 Å². The van der Waals surface area contributed by atoms with Crippen molar-refractivity contribution in [2.45, 2.75) is 45.6 Å². The van der Waals surface area contributed by atoms with Crippen LogP contribution >= 0.6 is 0 Å². The van der Waals surface area contributed by atoms with Crippen molar-refractivity contribution in [1.29, 1.82) is 0 Å². The third-order valence-corrected chi connectivity index (χ3v) is 6.64. The van der Waals surface area contributed by atoms with Gasteiger partial charge < -0.3 is 20.1 Å². The lowest BCUT2D eigenvalue weighted by molar-refractivity contribution is -0.137. The fourth-order valence-electron chi connectivity index (χ4n) is 5.02. The number of methoxy groups -OCH3 is 1. The van der Waals surface area contributed by atoms with E-state index in [0.717, 1.165) is 23.8 Å². The lowest BCUT2D eigenvalue weighted by atomic mass is 9.67. The number of amides is 3. The summed E-state index contributed by atoms with van der Waals surface area (Å²) in [6.07, 6.45) is 1.85. The quantitative estimate of drug-likeness (QED) is 0.425. The molecule has 3 amide bonds. The number of carbonyl (C=O) groups is 3. The summed E-state index contributed by atoms with van der Waals surface area (Å²) in [5.74, 6) is -3.47. The number of aromatic hydroxyl groups is 1. The molecule has 178 valence electrons. The Morgan fingerprint density at radius 2 is 1.91 bits per heavy atom. The van der Waals surface area contributed by atoms with Crippen LogP contribution in [0.1, 0.15) is 45.1 Å². The van der Waals surface area contributed by atoms with Crippen molar-refractivity contribution in [2.75, 3.05) is 13.7 Å². The van der Waals surface area contributed by atoms with Gasteiger partial charge in [-0.05, 0) is 55.9 Å². The van der Waals surface area contributed by atoms with E-state index in [1.165, 1.54) is 0 Å². The number of benzene rings is 1. The Labute approximate surface area is 193 Å². The normalized spacial score (nSPS) is 24.2. The average molecular weight is 458 g/mol. The number of fused-ring (bicyclic) bond motifs is 1. The van der Waals surface area contributed by atoms with Crippen LogP contribution in [-0.4, -0.2) is 57.9 Å². The zero-order valence-electron chi connectivity index (χ0n) is 19.2. The first kappa shape index (κ1) is 24.7. The highest BCUT2D eigenvalue weighted by Crippen LogP contribution is 2.47. The van der Waals surface area contributed by atoms with Crippen LogP contribution < -0.4 is 0 Å². The van der Waals surface area contributed by atoms with E-state index in [1.54, 1.807) is 24.3 Å². The second-order valence-corrected chi connectivity index (χ2v) is 8.66. The van der Waals surface area contributed by atoms with Crippen molar-refractivity contribution in [3.05, 3.63) is 46.5 Å². The number of phenols is 1. The predicted octanol–water partition coefficient (Wildman–Crippen LogP) is 3.02. The molecule has 0 radical (unpaired) electrons. The van der Waals surface area contributed by atoms with Gasteiger partial charge in [-0.3, -0.25) is 9.59 Å². The first-order chi connectivity index (χ1) is 15.7. The van der Waals surface area contributed by atoms with Crippen molar-refractivity contribution < 1.29 is 34.4 Å². The molecule has 4 atom stereocenters. The lowest BCUT2D eigenvalue weighted by Gasteiger charge is -2.36. The monoisotopic (exact) mass is 457 g/mol. The molecule has 1 aromatic carbocycles. The van der Waals surface area contributed by atoms with Gasteiger partial charge in [0.2, 0.25) is 11.8 Å². The molecule has 1 aliphatic heterocycles. The molecule has 0 spiro atoms. The molecule has 0 aromatic heterocycles. The highest BCUT2D eigenvalue weighted by molar-refractivity contribution is 6.15. The molecule has 33 heavy (non-hydrogen) atoms. The molecule has 2 aliphatic rings. The Balaban J connectivity index is 1.81. The molecule has 8 heteroatoms. The zero-order valence-corrected chi connectivity index (χ0v) is 19.2. The van der Waals surface area contributed by atoms with Crippen molar-refractivity contribution in [1.82, 2.24) is 4.90 Å². The second-order valence-electron chi connectivity index (χ2n) is 8.66. The molecule has 0 saturated carbocycles. The number of nitrogens with zero attached hydrogens (tertiary/aromatic N) is 1. The van der Waals surface area contributed by atoms with Gasteiger partial charge in [-0.1, -0.05) is 36.3 Å². The summed E-state index contributed by atoms with van der Waals surface area (Å²) in [7, 11) is 1.10. The summed E-state index contributed by atoms with van der Waals surface area (Å²) in [6.45, 7) is 3.45. The summed E-state index contributed by atoms with van der Waals surface area (Å²) in [5, 5.41) is 30.7. The topological polar surface area (TPSA) is 124 Å². The number of allylic oxidation sites excluding steroid dienone is 2. The standard InChI is InChI=1S/C25H31NO7/c1-4-16-12-18-22(24(31)26(23(18)30)25(32)33-3)19(13-27)21(16)20(29)10-5-14(2)11-15-6-8-17(28)9-7-15/h6-9,11,18-20,22,27-29H,4-5,10,12-13H2,1-3H3/b14-11+/t18-,19+,20-,22-/m1/s1. The van der Waals surface area contributed by atoms with Crippen molar-refractivity contribution >= 4 is 24.0 Å². The van der Waals surface area contributed by atoms with E-state index < -0.39 is 48.4 Å². The molecule has 0 bridgehead atoms. The Kier molecular flexibility index (Phi) is 7.71. The van der Waals surface area contributed by atoms with Gasteiger partial charge in [0, 0.05) is 5.92 Å². The van der Waals surface area contributed by atoms with E-state index in [0.29, 0.717) is 29.7 Å². The van der Waals surface area contributed by atoms with Crippen molar-refractivity contribution in [2.24, 2.45) is 17.8 Å². The number of aliphatic hydroxyl groups excluding tert-OH is 2. The van der Waals surface area contributed by atoms with Crippen LogP contribution in [0.3, 0.4) is 0 Å². The number of phenolic OH excluding ortho intramolecular Hbond substituents is 1. The van der Waals surface area contributed by atoms with E-state index in [4.69, 9.17) is 0 Å². The van der Waals surface area contributed by atoms with Gasteiger partial charge in [-0.15, -0.1) is 0 Å². The molecule has 8 nitrogen and oxygen atoms in total. The third-order valence-electron chi connectivity index (χ3n) is 6.64. The minimum atomic E-state index is -1.02. The van der Waals surface area contributed by atoms with Gasteiger partial charge in [0.25, 0.3) is 0 Å². The molecule has 3 N–H and O–H groups in total. The maximum Gasteiger partial charge on any atom is 0.423 e. The van der Waals surface area contributed by atoms with E-state index in [9.17, 15) is 29.7 Å². The van der Waals surface area contributed by atoms with Gasteiger partial charge in [-0.25, -0.2) is 4.79 Å². The minimum absolute atomic E-state index is 0.190. The average Bonchev–Trinajstić information content (AvgIpc) is 3.06. The van der Waals surface area contributed by atoms with E-state index >= 15 is 0 Å². The van der Waals surface area contributed by atoms with Crippen LogP contribution in [0, 0.1) is 17.8 Å². The highest BCUT2D eigenvalue weighted by Gasteiger charge is 2.56. The van der Waals surface area contributed by atoms with Gasteiger partial charge in [-0.2, -0.15) is 4.90 Å². The first-order valence-electron chi connectivity index (χ1n) is 11.2. The lowest BCUT2D eigenvalue weighted by Crippen LogP contribution is -2.40. The van der Waals surface area contributed by atoms with Crippen molar-refractivity contribution in [3.8, 4) is 5.75 Å². The SMILES string of the molecule is CCC1=C([C@H](O)CC/C(C)=C/c2ccc(O)cc2)[C@H](CO)[C@@H]2C(=O)N(C(=O)OC)C(=O)[C@@H]2C1. The zero-order chi connectivity index (χ0) is 24.3. The Bertz CT molecular complexity index is 979. The first-order valence-corrected chi connectivity index (χ1v) is 11.2. The van der Waals surface area contributed by atoms with Crippen LogP contribution in [0.4, 0.5) is 4.79 Å². The summed E-state index contributed by atoms with van der Waals surface area (Å²) >= 11 is 0. The number of hydrogen-bond acceptors (Lipinski definition) is 7. The van der Waals surface area contributed by atoms with E-state index in [-0.39, 0.29) is 12.2 Å². The van der Waals surface area contributed by atoms with E-state index in [1.807, 2.05) is 19.9 Å². The van der Waals surface area contributed by atoms with Crippen molar-refractivity contribution in [3.63, 3.8) is 0 Å². The summed E-state index contributed by atoms with van der Waals surface area (Å²) in [4.78, 5) is 38.2. The molecule has 0 unspecified atom stereocenters. The molecular formula is C25H31NO7.